The van der Waals surface area contributed by atoms with Gasteiger partial charge in [0.1, 0.15) is 11.7 Å². The Morgan fingerprint density at radius 3 is 2.59 bits per heavy atom. The van der Waals surface area contributed by atoms with Crippen LogP contribution in [-0.2, 0) is 9.59 Å². The van der Waals surface area contributed by atoms with Gasteiger partial charge in [-0.1, -0.05) is 34.1 Å². The predicted molar refractivity (Wildman–Crippen MR) is 110 cm³/mol. The first kappa shape index (κ1) is 22.8. The van der Waals surface area contributed by atoms with E-state index in [1.807, 2.05) is 25.7 Å². The summed E-state index contributed by atoms with van der Waals surface area (Å²) in [4.78, 5) is 47.4. The van der Waals surface area contributed by atoms with Crippen molar-refractivity contribution in [3.63, 3.8) is 0 Å². The van der Waals surface area contributed by atoms with Gasteiger partial charge in [0.2, 0.25) is 11.8 Å². The molecule has 2 heterocycles. The number of rotatable bonds is 7. The molecule has 2 rings (SSSR count). The second-order valence-electron chi connectivity index (χ2n) is 8.75. The Hall–Kier alpha value is -2.51. The van der Waals surface area contributed by atoms with Gasteiger partial charge in [0.05, 0.1) is 12.7 Å². The van der Waals surface area contributed by atoms with Crippen LogP contribution < -0.4 is 10.6 Å². The maximum absolute atomic E-state index is 13.3. The van der Waals surface area contributed by atoms with Crippen LogP contribution >= 0.6 is 0 Å². The van der Waals surface area contributed by atoms with Crippen LogP contribution in [0.4, 0.5) is 0 Å². The molecule has 1 aliphatic heterocycles. The maximum Gasteiger partial charge on any atom is 0.271 e. The molecule has 29 heavy (non-hydrogen) atoms. The lowest BCUT2D eigenvalue weighted by Gasteiger charge is -2.35. The summed E-state index contributed by atoms with van der Waals surface area (Å²) in [6.07, 6.45) is 7.41. The van der Waals surface area contributed by atoms with Crippen LogP contribution in [0.3, 0.4) is 0 Å². The first-order valence-corrected chi connectivity index (χ1v) is 10.3. The lowest BCUT2D eigenvalue weighted by molar-refractivity contribution is -0.140. The molecule has 0 aliphatic carbocycles. The van der Waals surface area contributed by atoms with Gasteiger partial charge in [0, 0.05) is 25.0 Å². The Morgan fingerprint density at radius 2 is 2.00 bits per heavy atom. The van der Waals surface area contributed by atoms with Crippen LogP contribution in [0.25, 0.3) is 0 Å². The van der Waals surface area contributed by atoms with Gasteiger partial charge >= 0.3 is 0 Å². The zero-order chi connectivity index (χ0) is 21.6. The van der Waals surface area contributed by atoms with Crippen molar-refractivity contribution in [2.75, 3.05) is 13.1 Å². The molecule has 1 aromatic heterocycles. The predicted octanol–water partition coefficient (Wildman–Crippen LogP) is 1.77. The smallest absolute Gasteiger partial charge is 0.271 e. The number of hydrogen-bond donors (Lipinski definition) is 2. The summed E-state index contributed by atoms with van der Waals surface area (Å²) < 4.78 is 0. The van der Waals surface area contributed by atoms with Crippen molar-refractivity contribution in [3.05, 3.63) is 24.3 Å². The minimum atomic E-state index is -0.661. The number of likely N-dealkylation sites (tertiary alicyclic amines) is 1. The average molecular weight is 404 g/mol. The number of amides is 3. The van der Waals surface area contributed by atoms with E-state index in [9.17, 15) is 14.4 Å². The van der Waals surface area contributed by atoms with Gasteiger partial charge in [-0.15, -0.1) is 0 Å². The fourth-order valence-electron chi connectivity index (χ4n) is 3.77. The third-order valence-electron chi connectivity index (χ3n) is 5.48. The van der Waals surface area contributed by atoms with Gasteiger partial charge in [-0.3, -0.25) is 19.4 Å². The van der Waals surface area contributed by atoms with Crippen molar-refractivity contribution in [2.24, 2.45) is 11.3 Å². The Kier molecular flexibility index (Phi) is 7.70. The minimum absolute atomic E-state index is 0.0581. The molecule has 3 atom stereocenters. The number of carbonyl (C=O) groups is 3. The van der Waals surface area contributed by atoms with Gasteiger partial charge in [0.25, 0.3) is 5.91 Å². The molecule has 3 amide bonds. The van der Waals surface area contributed by atoms with Crippen molar-refractivity contribution in [3.8, 4) is 0 Å². The van der Waals surface area contributed by atoms with E-state index in [4.69, 9.17) is 0 Å². The number of nitrogens with one attached hydrogen (secondary N) is 2. The molecule has 1 saturated heterocycles. The van der Waals surface area contributed by atoms with Crippen LogP contribution in [0.1, 0.15) is 64.4 Å². The summed E-state index contributed by atoms with van der Waals surface area (Å²) in [5, 5.41) is 5.35. The Bertz CT molecular complexity index is 717. The third kappa shape index (κ3) is 5.98. The topological polar surface area (TPSA) is 104 Å². The Balaban J connectivity index is 1.99. The number of carbonyl (C=O) groups excluding carboxylic acids is 3. The standard InChI is InChI=1S/C21H33N5O3/c1-6-7-15-8-11-26(14(15)2)20(29)18(21(3,4)5)25-17(27)13-24-19(28)16-12-22-9-10-23-16/h9-10,12,14-15,18H,6-8,11,13H2,1-5H3,(H,24,28)(H,25,27)/t14?,15-,18?/m0/s1. The largest absolute Gasteiger partial charge is 0.342 e. The SMILES string of the molecule is CCC[C@H]1CCN(C(=O)C(NC(=O)CNC(=O)c2cnccn2)C(C)(C)C)C1C. The summed E-state index contributed by atoms with van der Waals surface area (Å²) in [5.41, 5.74) is -0.318. The normalized spacial score (nSPS) is 20.2. The molecule has 1 fully saturated rings. The van der Waals surface area contributed by atoms with Crippen molar-refractivity contribution in [2.45, 2.75) is 66.0 Å². The van der Waals surface area contributed by atoms with Crippen LogP contribution in [0.5, 0.6) is 0 Å². The first-order chi connectivity index (χ1) is 13.6. The van der Waals surface area contributed by atoms with Gasteiger partial charge < -0.3 is 15.5 Å². The molecular formula is C21H33N5O3. The second kappa shape index (κ2) is 9.80. The van der Waals surface area contributed by atoms with Gasteiger partial charge in [0.15, 0.2) is 0 Å². The highest BCUT2D eigenvalue weighted by atomic mass is 16.2. The fraction of sp³-hybridized carbons (Fsp3) is 0.667. The van der Waals surface area contributed by atoms with Crippen LogP contribution in [0.2, 0.25) is 0 Å². The molecule has 2 N–H and O–H groups in total. The molecule has 2 unspecified atom stereocenters. The van der Waals surface area contributed by atoms with E-state index in [-0.39, 0.29) is 24.2 Å². The lowest BCUT2D eigenvalue weighted by atomic mass is 9.85. The Labute approximate surface area is 172 Å². The van der Waals surface area contributed by atoms with E-state index in [1.54, 1.807) is 0 Å². The first-order valence-electron chi connectivity index (χ1n) is 10.3. The van der Waals surface area contributed by atoms with E-state index in [2.05, 4.69) is 34.4 Å². The fourth-order valence-corrected chi connectivity index (χ4v) is 3.77. The molecule has 1 aliphatic rings. The van der Waals surface area contributed by atoms with Crippen molar-refractivity contribution >= 4 is 17.7 Å². The van der Waals surface area contributed by atoms with Crippen molar-refractivity contribution < 1.29 is 14.4 Å². The summed E-state index contributed by atoms with van der Waals surface area (Å²) in [6.45, 7) is 10.5. The van der Waals surface area contributed by atoms with Gasteiger partial charge in [-0.25, -0.2) is 4.98 Å². The Morgan fingerprint density at radius 1 is 1.28 bits per heavy atom. The van der Waals surface area contributed by atoms with E-state index < -0.39 is 23.3 Å². The summed E-state index contributed by atoms with van der Waals surface area (Å²) in [5.74, 6) is -0.446. The van der Waals surface area contributed by atoms with E-state index >= 15 is 0 Å². The van der Waals surface area contributed by atoms with E-state index in [1.165, 1.54) is 18.6 Å². The molecule has 0 aromatic carbocycles. The highest BCUT2D eigenvalue weighted by molar-refractivity contribution is 5.95. The molecular weight excluding hydrogens is 370 g/mol. The van der Waals surface area contributed by atoms with Crippen LogP contribution in [0, 0.1) is 11.3 Å². The third-order valence-corrected chi connectivity index (χ3v) is 5.48. The summed E-state index contributed by atoms with van der Waals surface area (Å²) in [7, 11) is 0. The zero-order valence-corrected chi connectivity index (χ0v) is 18.1. The van der Waals surface area contributed by atoms with E-state index in [0.717, 1.165) is 25.8 Å². The maximum atomic E-state index is 13.3. The highest BCUT2D eigenvalue weighted by Gasteiger charge is 2.41. The van der Waals surface area contributed by atoms with Crippen LogP contribution in [0.15, 0.2) is 18.6 Å². The molecule has 8 heteroatoms. The summed E-state index contributed by atoms with van der Waals surface area (Å²) >= 11 is 0. The van der Waals surface area contributed by atoms with E-state index in [0.29, 0.717) is 5.92 Å². The highest BCUT2D eigenvalue weighted by Crippen LogP contribution is 2.31. The molecule has 1 aromatic rings. The lowest BCUT2D eigenvalue weighted by Crippen LogP contribution is -2.57. The molecule has 0 radical (unpaired) electrons. The number of hydrogen-bond acceptors (Lipinski definition) is 5. The summed E-state index contributed by atoms with van der Waals surface area (Å²) in [6, 6.07) is -0.494. The number of nitrogens with zero attached hydrogens (tertiary/aromatic N) is 3. The second-order valence-corrected chi connectivity index (χ2v) is 8.75. The molecule has 160 valence electrons. The average Bonchev–Trinajstić information content (AvgIpc) is 3.04. The van der Waals surface area contributed by atoms with Crippen LogP contribution in [-0.4, -0.2) is 57.8 Å². The molecule has 0 saturated carbocycles. The van der Waals surface area contributed by atoms with Gasteiger partial charge in [-0.05, 0) is 31.1 Å². The monoisotopic (exact) mass is 403 g/mol. The minimum Gasteiger partial charge on any atom is -0.342 e. The zero-order valence-electron chi connectivity index (χ0n) is 18.1. The van der Waals surface area contributed by atoms with Gasteiger partial charge in [-0.2, -0.15) is 0 Å². The molecule has 0 spiro atoms. The van der Waals surface area contributed by atoms with Crippen molar-refractivity contribution in [1.29, 1.82) is 0 Å². The molecule has 0 bridgehead atoms. The van der Waals surface area contributed by atoms with Crippen molar-refractivity contribution in [1.82, 2.24) is 25.5 Å². The molecule has 8 nitrogen and oxygen atoms in total. The number of aromatic nitrogens is 2. The quantitative estimate of drug-likeness (QED) is 0.722.